The molecular weight excluding hydrogens is 655 g/mol. The molecule has 0 aliphatic carbocycles. The number of ether oxygens (including phenoxy) is 1. The Morgan fingerprint density at radius 3 is 2.37 bits per heavy atom. The molecule has 8 rings (SSSR count). The van der Waals surface area contributed by atoms with E-state index in [9.17, 15) is 9.59 Å². The summed E-state index contributed by atoms with van der Waals surface area (Å²) in [6, 6.07) is 19.1. The normalized spacial score (nSPS) is 18.6. The maximum Gasteiger partial charge on any atom is 0.407 e. The molecule has 2 aliphatic rings. The summed E-state index contributed by atoms with van der Waals surface area (Å²) in [5.74, 6) is 1.61. The van der Waals surface area contributed by atoms with Gasteiger partial charge in [-0.05, 0) is 73.5 Å². The van der Waals surface area contributed by atoms with Gasteiger partial charge in [-0.3, -0.25) is 4.79 Å². The second kappa shape index (κ2) is 13.1. The highest BCUT2D eigenvalue weighted by molar-refractivity contribution is 7.31. The van der Waals surface area contributed by atoms with E-state index in [1.807, 2.05) is 36.3 Å². The summed E-state index contributed by atoms with van der Waals surface area (Å²) < 4.78 is 7.31. The molecule has 3 atom stereocenters. The van der Waals surface area contributed by atoms with E-state index in [4.69, 9.17) is 14.7 Å². The van der Waals surface area contributed by atoms with E-state index in [1.165, 1.54) is 38.2 Å². The number of imidazole rings is 2. The number of alkyl carbamates (subject to hydrolysis) is 1. The molecule has 2 aromatic carbocycles. The van der Waals surface area contributed by atoms with Gasteiger partial charge in [0.05, 0.1) is 35.9 Å². The van der Waals surface area contributed by atoms with Crippen molar-refractivity contribution in [2.75, 3.05) is 20.2 Å². The predicted octanol–water partition coefficient (Wildman–Crippen LogP) is 8.03. The van der Waals surface area contributed by atoms with Gasteiger partial charge in [-0.25, -0.2) is 14.8 Å². The molecule has 2 saturated heterocycles. The van der Waals surface area contributed by atoms with Crippen LogP contribution >= 0.6 is 22.7 Å². The Hall–Kier alpha value is -4.52. The fourth-order valence-corrected chi connectivity index (χ4v) is 9.44. The standard InChI is InChI=1S/C37H39N7O3S2/c1-20(2)33(43-37(46)47-3)36(45)44-15-5-7-28(44)35-40-24-13-12-23(16-26(24)41-35)30-18-32-31(49-30)17-29(48-32)22-10-8-21(9-11-22)27-19-39-34(42-27)25-6-4-14-38-25/h8-13,16-20,25,28,33,38H,4-7,14-15H2,1-3H3,(H,39,42)(H,40,41)(H,43,46)/t25?,28-,33-/m0/s1. The molecule has 1 unspecified atom stereocenters. The minimum atomic E-state index is -0.661. The number of benzene rings is 2. The van der Waals surface area contributed by atoms with Gasteiger partial charge in [-0.15, -0.1) is 22.7 Å². The number of methoxy groups -OCH3 is 1. The zero-order valence-corrected chi connectivity index (χ0v) is 29.3. The maximum atomic E-state index is 13.6. The van der Waals surface area contributed by atoms with Crippen molar-refractivity contribution in [2.24, 2.45) is 5.92 Å². The predicted molar refractivity (Wildman–Crippen MR) is 196 cm³/mol. The number of rotatable bonds is 8. The summed E-state index contributed by atoms with van der Waals surface area (Å²) in [6.07, 6.45) is 5.42. The number of H-pyrrole nitrogens is 2. The van der Waals surface area contributed by atoms with E-state index < -0.39 is 12.1 Å². The van der Waals surface area contributed by atoms with Crippen molar-refractivity contribution in [3.8, 4) is 32.1 Å². The summed E-state index contributed by atoms with van der Waals surface area (Å²) in [5.41, 5.74) is 6.26. The third-order valence-electron chi connectivity index (χ3n) is 9.69. The van der Waals surface area contributed by atoms with Crippen molar-refractivity contribution in [3.63, 3.8) is 0 Å². The Bertz CT molecular complexity index is 2110. The number of likely N-dealkylation sites (tertiary alicyclic amines) is 1. The van der Waals surface area contributed by atoms with E-state index in [-0.39, 0.29) is 17.9 Å². The van der Waals surface area contributed by atoms with Crippen LogP contribution in [0.4, 0.5) is 4.79 Å². The zero-order valence-electron chi connectivity index (χ0n) is 27.7. The third-order valence-corrected chi connectivity index (χ3v) is 12.1. The van der Waals surface area contributed by atoms with Crippen LogP contribution in [0, 0.1) is 5.92 Å². The van der Waals surface area contributed by atoms with Gasteiger partial charge >= 0.3 is 6.09 Å². The van der Waals surface area contributed by atoms with Crippen molar-refractivity contribution in [3.05, 3.63) is 72.4 Å². The van der Waals surface area contributed by atoms with E-state index in [2.05, 4.69) is 75.2 Å². The van der Waals surface area contributed by atoms with E-state index >= 15 is 0 Å². The number of carbonyl (C=O) groups excluding carboxylic acids is 2. The van der Waals surface area contributed by atoms with Gasteiger partial charge in [0.1, 0.15) is 17.7 Å². The van der Waals surface area contributed by atoms with Crippen molar-refractivity contribution < 1.29 is 14.3 Å². The van der Waals surface area contributed by atoms with Crippen molar-refractivity contribution in [1.29, 1.82) is 0 Å². The van der Waals surface area contributed by atoms with Crippen LogP contribution in [0.15, 0.2) is 60.8 Å². The maximum absolute atomic E-state index is 13.6. The molecule has 12 heteroatoms. The molecule has 0 saturated carbocycles. The van der Waals surface area contributed by atoms with Gasteiger partial charge in [0.25, 0.3) is 0 Å². The summed E-state index contributed by atoms with van der Waals surface area (Å²) in [4.78, 5) is 46.5. The Balaban J connectivity index is 0.985. The molecular formula is C37H39N7O3S2. The van der Waals surface area contributed by atoms with Crippen LogP contribution in [-0.4, -0.2) is 63.1 Å². The summed E-state index contributed by atoms with van der Waals surface area (Å²) in [5, 5.41) is 6.23. The van der Waals surface area contributed by atoms with Gasteiger partial charge in [-0.2, -0.15) is 0 Å². The van der Waals surface area contributed by atoms with Crippen molar-refractivity contribution in [2.45, 2.75) is 57.7 Å². The SMILES string of the molecule is COC(=O)N[C@H](C(=O)N1CCC[C@H]1c1nc2ccc(-c3cc4sc(-c5ccc(-c6c[nH]c(C7CCCN7)n6)cc5)cc4s3)cc2[nH]1)C(C)C. The molecule has 0 radical (unpaired) electrons. The van der Waals surface area contributed by atoms with Crippen molar-refractivity contribution >= 4 is 55.1 Å². The molecule has 2 amide bonds. The average molecular weight is 694 g/mol. The highest BCUT2D eigenvalue weighted by Crippen LogP contribution is 2.42. The highest BCUT2D eigenvalue weighted by Gasteiger charge is 2.37. The van der Waals surface area contributed by atoms with E-state index in [0.29, 0.717) is 12.6 Å². The van der Waals surface area contributed by atoms with Gasteiger partial charge in [0, 0.05) is 37.5 Å². The first kappa shape index (κ1) is 31.7. The fraction of sp³-hybridized carbons (Fsp3) is 0.351. The summed E-state index contributed by atoms with van der Waals surface area (Å²) in [7, 11) is 1.31. The average Bonchev–Trinajstić information content (AvgIpc) is 3.95. The second-order valence-electron chi connectivity index (χ2n) is 13.2. The molecule has 0 spiro atoms. The first-order valence-corrected chi connectivity index (χ1v) is 18.6. The Morgan fingerprint density at radius 1 is 0.918 bits per heavy atom. The number of aromatic amines is 2. The monoisotopic (exact) mass is 693 g/mol. The number of hydrogen-bond acceptors (Lipinski definition) is 8. The molecule has 0 bridgehead atoms. The number of nitrogens with zero attached hydrogens (tertiary/aromatic N) is 3. The lowest BCUT2D eigenvalue weighted by Crippen LogP contribution is -2.51. The molecule has 10 nitrogen and oxygen atoms in total. The van der Waals surface area contributed by atoms with E-state index in [1.54, 1.807) is 11.3 Å². The second-order valence-corrected chi connectivity index (χ2v) is 15.4. The molecule has 6 aromatic rings. The fourth-order valence-electron chi connectivity index (χ4n) is 7.04. The van der Waals surface area contributed by atoms with Crippen LogP contribution in [-0.2, 0) is 9.53 Å². The molecule has 2 aliphatic heterocycles. The molecule has 4 aromatic heterocycles. The van der Waals surface area contributed by atoms with Gasteiger partial charge in [-0.1, -0.05) is 44.2 Å². The van der Waals surface area contributed by atoms with Crippen molar-refractivity contribution in [1.82, 2.24) is 35.5 Å². The summed E-state index contributed by atoms with van der Waals surface area (Å²) in [6.45, 7) is 5.52. The van der Waals surface area contributed by atoms with Gasteiger partial charge < -0.3 is 30.2 Å². The van der Waals surface area contributed by atoms with Crippen LogP contribution in [0.1, 0.15) is 63.3 Å². The Morgan fingerprint density at radius 2 is 1.65 bits per heavy atom. The smallest absolute Gasteiger partial charge is 0.407 e. The largest absolute Gasteiger partial charge is 0.453 e. The van der Waals surface area contributed by atoms with Crippen LogP contribution < -0.4 is 10.6 Å². The first-order chi connectivity index (χ1) is 23.8. The van der Waals surface area contributed by atoms with Gasteiger partial charge in [0.15, 0.2) is 0 Å². The third kappa shape index (κ3) is 6.13. The lowest BCUT2D eigenvalue weighted by molar-refractivity contribution is -0.135. The first-order valence-electron chi connectivity index (χ1n) is 16.9. The lowest BCUT2D eigenvalue weighted by atomic mass is 10.0. The zero-order chi connectivity index (χ0) is 33.6. The molecule has 2 fully saturated rings. The number of nitrogens with one attached hydrogen (secondary N) is 4. The molecule has 49 heavy (non-hydrogen) atoms. The van der Waals surface area contributed by atoms with Crippen LogP contribution in [0.5, 0.6) is 0 Å². The van der Waals surface area contributed by atoms with E-state index in [0.717, 1.165) is 65.3 Å². The molecule has 252 valence electrons. The minimum absolute atomic E-state index is 0.0803. The number of carbonyl (C=O) groups is 2. The quantitative estimate of drug-likeness (QED) is 0.128. The molecule has 4 N–H and O–H groups in total. The number of fused-ring (bicyclic) bond motifs is 2. The molecule has 6 heterocycles. The summed E-state index contributed by atoms with van der Waals surface area (Å²) >= 11 is 3.61. The Kier molecular flexibility index (Phi) is 8.46. The van der Waals surface area contributed by atoms with Crippen LogP contribution in [0.25, 0.3) is 52.6 Å². The van der Waals surface area contributed by atoms with Crippen LogP contribution in [0.2, 0.25) is 0 Å². The number of amides is 2. The number of thiophene rings is 2. The highest BCUT2D eigenvalue weighted by atomic mass is 32.1. The topological polar surface area (TPSA) is 128 Å². The van der Waals surface area contributed by atoms with Gasteiger partial charge in [0.2, 0.25) is 5.91 Å². The van der Waals surface area contributed by atoms with Crippen LogP contribution in [0.3, 0.4) is 0 Å². The number of hydrogen-bond donors (Lipinski definition) is 4. The Labute approximate surface area is 292 Å². The minimum Gasteiger partial charge on any atom is -0.453 e. The lowest BCUT2D eigenvalue weighted by Gasteiger charge is -2.29. The number of aromatic nitrogens is 4.